The molecule has 2 amide bonds. The number of nitro benzene ring substituents is 1. The van der Waals surface area contributed by atoms with Crippen molar-refractivity contribution in [1.82, 2.24) is 0 Å². The highest BCUT2D eigenvalue weighted by Crippen LogP contribution is 2.58. The molecular formula is C30H23BrN2O9. The summed E-state index contributed by atoms with van der Waals surface area (Å²) in [5, 5.41) is 22.3. The van der Waals surface area contributed by atoms with Crippen molar-refractivity contribution in [1.29, 1.82) is 0 Å². The molecule has 0 unspecified atom stereocenters. The number of benzene rings is 2. The number of non-ortho nitro benzene ring substituents is 1. The Bertz CT molecular complexity index is 1710. The largest absolute Gasteiger partial charge is 0.507 e. The number of carbonyl (C=O) groups excluding carboxylic acids is 4. The number of aromatic hydroxyl groups is 1. The van der Waals surface area contributed by atoms with E-state index in [1.54, 1.807) is 6.07 Å². The van der Waals surface area contributed by atoms with Crippen molar-refractivity contribution in [2.24, 2.45) is 17.8 Å². The zero-order valence-corrected chi connectivity index (χ0v) is 23.9. The van der Waals surface area contributed by atoms with Crippen molar-refractivity contribution >= 4 is 50.7 Å². The van der Waals surface area contributed by atoms with Gasteiger partial charge in [-0.05, 0) is 46.8 Å². The number of imide groups is 1. The number of fused-ring (bicyclic) bond motifs is 3. The summed E-state index contributed by atoms with van der Waals surface area (Å²) < 4.78 is 11.0. The van der Waals surface area contributed by atoms with E-state index >= 15 is 0 Å². The number of halogens is 1. The molecule has 1 heterocycles. The van der Waals surface area contributed by atoms with Gasteiger partial charge in [-0.25, -0.2) is 0 Å². The molecule has 1 aliphatic heterocycles. The Hall–Kier alpha value is -4.58. The number of nitrogens with zero attached hydrogens (tertiary/aromatic N) is 2. The molecule has 0 radical (unpaired) electrons. The number of allylic oxidation sites excluding steroid dienone is 6. The van der Waals surface area contributed by atoms with Gasteiger partial charge in [0.05, 0.1) is 41.1 Å². The van der Waals surface area contributed by atoms with Crippen molar-refractivity contribution in [2.45, 2.75) is 18.8 Å². The van der Waals surface area contributed by atoms with Crippen LogP contribution in [-0.2, 0) is 19.2 Å². The van der Waals surface area contributed by atoms with Gasteiger partial charge in [0.25, 0.3) is 5.69 Å². The van der Waals surface area contributed by atoms with Gasteiger partial charge in [-0.15, -0.1) is 0 Å². The second-order valence-corrected chi connectivity index (χ2v) is 11.3. The van der Waals surface area contributed by atoms with E-state index in [0.717, 1.165) is 4.90 Å². The summed E-state index contributed by atoms with van der Waals surface area (Å²) in [7, 11) is 2.84. The van der Waals surface area contributed by atoms with Gasteiger partial charge < -0.3 is 14.6 Å². The van der Waals surface area contributed by atoms with Crippen molar-refractivity contribution in [3.8, 4) is 17.2 Å². The van der Waals surface area contributed by atoms with Crippen LogP contribution in [0.4, 0.5) is 11.4 Å². The average molecular weight is 635 g/mol. The maximum absolute atomic E-state index is 14.0. The lowest BCUT2D eigenvalue weighted by Gasteiger charge is -2.42. The maximum atomic E-state index is 14.0. The quantitative estimate of drug-likeness (QED) is 0.167. The van der Waals surface area contributed by atoms with E-state index in [-0.39, 0.29) is 56.9 Å². The van der Waals surface area contributed by atoms with Gasteiger partial charge >= 0.3 is 0 Å². The van der Waals surface area contributed by atoms with Gasteiger partial charge in [0, 0.05) is 53.0 Å². The monoisotopic (exact) mass is 634 g/mol. The first-order chi connectivity index (χ1) is 20.1. The van der Waals surface area contributed by atoms with E-state index in [4.69, 9.17) is 9.47 Å². The number of methoxy groups -OCH3 is 2. The minimum Gasteiger partial charge on any atom is -0.507 e. The number of anilines is 1. The fourth-order valence-electron chi connectivity index (χ4n) is 6.68. The molecule has 1 fully saturated rings. The second kappa shape index (κ2) is 10.1. The fraction of sp³-hybridized carbons (Fsp3) is 0.267. The highest BCUT2D eigenvalue weighted by molar-refractivity contribution is 9.12. The fourth-order valence-corrected chi connectivity index (χ4v) is 7.13. The van der Waals surface area contributed by atoms with Crippen LogP contribution in [0.5, 0.6) is 17.2 Å². The lowest BCUT2D eigenvalue weighted by molar-refractivity contribution is -0.384. The molecule has 0 aromatic heterocycles. The first-order valence-corrected chi connectivity index (χ1v) is 13.8. The van der Waals surface area contributed by atoms with Crippen LogP contribution >= 0.6 is 15.9 Å². The third-order valence-corrected chi connectivity index (χ3v) is 9.08. The number of phenols is 1. The van der Waals surface area contributed by atoms with Crippen molar-refractivity contribution in [3.05, 3.63) is 85.4 Å². The molecule has 214 valence electrons. The smallest absolute Gasteiger partial charge is 0.269 e. The molecule has 4 aliphatic rings. The number of hydrogen-bond donors (Lipinski definition) is 1. The molecule has 42 heavy (non-hydrogen) atoms. The van der Waals surface area contributed by atoms with Gasteiger partial charge in [-0.2, -0.15) is 0 Å². The van der Waals surface area contributed by atoms with Crippen molar-refractivity contribution < 1.29 is 38.7 Å². The Morgan fingerprint density at radius 1 is 1.02 bits per heavy atom. The van der Waals surface area contributed by atoms with E-state index in [0.29, 0.717) is 11.3 Å². The predicted molar refractivity (Wildman–Crippen MR) is 151 cm³/mol. The average Bonchev–Trinajstić information content (AvgIpc) is 3.23. The molecule has 4 atom stereocenters. The number of carbonyl (C=O) groups is 4. The van der Waals surface area contributed by atoms with Gasteiger partial charge in [0.2, 0.25) is 11.8 Å². The maximum Gasteiger partial charge on any atom is 0.269 e. The zero-order valence-electron chi connectivity index (χ0n) is 22.3. The number of ketones is 2. The highest BCUT2D eigenvalue weighted by Gasteiger charge is 2.57. The normalized spacial score (nSPS) is 25.0. The molecule has 0 saturated carbocycles. The summed E-state index contributed by atoms with van der Waals surface area (Å²) in [4.78, 5) is 66.1. The number of rotatable bonds is 5. The van der Waals surface area contributed by atoms with Crippen LogP contribution < -0.4 is 14.4 Å². The summed E-state index contributed by atoms with van der Waals surface area (Å²) in [6, 6.07) is 8.11. The SMILES string of the molecule is COc1cc(O)c([C@H]2C3=CC[C@@H]4C(=O)N(c5ccc([N+](=O)[O-])cc5)C(=O)[C@@H]4[C@@H]3CC3=C2C(=O)C=C(Br)C3=O)c(OC)c1. The summed E-state index contributed by atoms with van der Waals surface area (Å²) in [6.07, 6.45) is 3.25. The lowest BCUT2D eigenvalue weighted by atomic mass is 9.59. The van der Waals surface area contributed by atoms with Gasteiger partial charge in [-0.3, -0.25) is 34.2 Å². The van der Waals surface area contributed by atoms with E-state index in [1.165, 1.54) is 50.6 Å². The Morgan fingerprint density at radius 3 is 2.38 bits per heavy atom. The number of Topliss-reactive ketones (excluding diaryl/α,β-unsaturated/α-hetero) is 1. The predicted octanol–water partition coefficient (Wildman–Crippen LogP) is 4.28. The van der Waals surface area contributed by atoms with Crippen molar-refractivity contribution in [2.75, 3.05) is 19.1 Å². The molecule has 0 bridgehead atoms. The molecule has 2 aromatic rings. The van der Waals surface area contributed by atoms with E-state index < -0.39 is 52.0 Å². The standard InChI is InChI=1S/C30H23BrN2O9/c1-41-15-9-21(34)27(23(10-15)42-2)26-16-7-8-17-24(18(16)11-19-25(26)22(35)12-20(31)28(19)36)30(38)32(29(17)37)13-3-5-14(6-4-13)33(39)40/h3-7,9-10,12,17-18,24,26,34H,8,11H2,1-2H3/t17-,18+,24-,26-/m0/s1. The summed E-state index contributed by atoms with van der Waals surface area (Å²) in [6.45, 7) is 0. The molecule has 6 rings (SSSR count). The molecule has 0 spiro atoms. The molecule has 11 nitrogen and oxygen atoms in total. The van der Waals surface area contributed by atoms with Crippen LogP contribution in [0.3, 0.4) is 0 Å². The number of hydrogen-bond acceptors (Lipinski definition) is 9. The van der Waals surface area contributed by atoms with E-state index in [1.807, 2.05) is 6.08 Å². The first-order valence-electron chi connectivity index (χ1n) is 13.0. The van der Waals surface area contributed by atoms with Gasteiger partial charge in [0.1, 0.15) is 17.2 Å². The molecule has 2 aromatic carbocycles. The zero-order chi connectivity index (χ0) is 30.0. The van der Waals surface area contributed by atoms with Crippen LogP contribution in [0.25, 0.3) is 0 Å². The Kier molecular flexibility index (Phi) is 6.60. The Labute approximate surface area is 247 Å². The number of ether oxygens (including phenoxy) is 2. The summed E-state index contributed by atoms with van der Waals surface area (Å²) >= 11 is 3.19. The molecular weight excluding hydrogens is 612 g/mol. The number of phenolic OH excluding ortho intramolecular Hbond substituents is 1. The van der Waals surface area contributed by atoms with Crippen LogP contribution in [0, 0.1) is 27.9 Å². The molecule has 3 aliphatic carbocycles. The Balaban J connectivity index is 1.50. The highest BCUT2D eigenvalue weighted by atomic mass is 79.9. The molecule has 1 N–H and O–H groups in total. The van der Waals surface area contributed by atoms with Crippen LogP contribution in [0.2, 0.25) is 0 Å². The third-order valence-electron chi connectivity index (χ3n) is 8.49. The minimum absolute atomic E-state index is 0.0404. The molecule has 12 heteroatoms. The van der Waals surface area contributed by atoms with Crippen LogP contribution in [0.1, 0.15) is 24.3 Å². The van der Waals surface area contributed by atoms with Gasteiger partial charge in [-0.1, -0.05) is 11.6 Å². The first kappa shape index (κ1) is 27.6. The molecule has 1 saturated heterocycles. The van der Waals surface area contributed by atoms with Gasteiger partial charge in [0.15, 0.2) is 11.6 Å². The number of amides is 2. The summed E-state index contributed by atoms with van der Waals surface area (Å²) in [5.41, 5.74) is 1.30. The number of nitro groups is 1. The van der Waals surface area contributed by atoms with Crippen molar-refractivity contribution in [3.63, 3.8) is 0 Å². The van der Waals surface area contributed by atoms with E-state index in [9.17, 15) is 34.4 Å². The lowest BCUT2D eigenvalue weighted by Crippen LogP contribution is -2.39. The topological polar surface area (TPSA) is 153 Å². The van der Waals surface area contributed by atoms with Crippen LogP contribution in [-0.4, -0.2) is 47.6 Å². The second-order valence-electron chi connectivity index (χ2n) is 10.4. The minimum atomic E-state index is -0.926. The van der Waals surface area contributed by atoms with E-state index in [2.05, 4.69) is 15.9 Å². The summed E-state index contributed by atoms with van der Waals surface area (Å²) in [5.74, 6) is -4.60. The van der Waals surface area contributed by atoms with Crippen LogP contribution in [0.15, 0.2) is 69.8 Å². The third kappa shape index (κ3) is 4.00. The Morgan fingerprint density at radius 2 is 1.74 bits per heavy atom.